The highest BCUT2D eigenvalue weighted by molar-refractivity contribution is 6.37. The van der Waals surface area contributed by atoms with Crippen LogP contribution in [0.25, 0.3) is 11.3 Å². The molecule has 0 spiro atoms. The van der Waals surface area contributed by atoms with Gasteiger partial charge in [0, 0.05) is 17.8 Å². The molecule has 8 heteroatoms. The molecule has 1 atom stereocenters. The van der Waals surface area contributed by atoms with E-state index in [0.29, 0.717) is 39.2 Å². The van der Waals surface area contributed by atoms with Crippen LogP contribution in [0.3, 0.4) is 0 Å². The summed E-state index contributed by atoms with van der Waals surface area (Å²) >= 11 is 0. The number of rotatable bonds is 9. The minimum Gasteiger partial charge on any atom is -0.481 e. The average molecular weight is 514 g/mol. The molecule has 38 heavy (non-hydrogen) atoms. The van der Waals surface area contributed by atoms with Gasteiger partial charge in [-0.25, -0.2) is 4.79 Å². The summed E-state index contributed by atoms with van der Waals surface area (Å²) in [5.74, 6) is -2.48. The van der Waals surface area contributed by atoms with Gasteiger partial charge >= 0.3 is 11.9 Å². The Balaban J connectivity index is 1.81. The second-order valence-corrected chi connectivity index (χ2v) is 9.52. The summed E-state index contributed by atoms with van der Waals surface area (Å²) in [5.41, 5.74) is 5.65. The highest BCUT2D eigenvalue weighted by Gasteiger charge is 2.30. The van der Waals surface area contributed by atoms with Crippen molar-refractivity contribution in [2.75, 3.05) is 38.4 Å². The van der Waals surface area contributed by atoms with Gasteiger partial charge in [0.2, 0.25) is 0 Å². The molecule has 1 heterocycles. The third-order valence-corrected chi connectivity index (χ3v) is 6.55. The number of amides is 1. The summed E-state index contributed by atoms with van der Waals surface area (Å²) in [4.78, 5) is 39.1. The second kappa shape index (κ2) is 11.3. The number of hydrogen-bond acceptors (Lipinski definition) is 6. The predicted octanol–water partition coefficient (Wildman–Crippen LogP) is 4.70. The van der Waals surface area contributed by atoms with Crippen LogP contribution in [0, 0.1) is 0 Å². The van der Waals surface area contributed by atoms with Gasteiger partial charge in [0.15, 0.2) is 0 Å². The summed E-state index contributed by atoms with van der Waals surface area (Å²) in [6.07, 6.45) is 0.911. The molecular formula is C30H31N3O5. The SMILES string of the molecule is COC(=O)c1ccc2c(c1)NC(=O)/C2=C(\Nc1ccc(CCN(C)C)cc1)c1cccc(C(C)C(=O)O)c1. The zero-order chi connectivity index (χ0) is 27.4. The van der Waals surface area contributed by atoms with E-state index in [2.05, 4.69) is 15.5 Å². The van der Waals surface area contributed by atoms with E-state index in [0.717, 1.165) is 18.7 Å². The number of benzene rings is 3. The zero-order valence-electron chi connectivity index (χ0n) is 21.9. The first-order valence-electron chi connectivity index (χ1n) is 12.3. The number of carboxylic acid groups (broad SMARTS) is 1. The minimum atomic E-state index is -0.933. The number of methoxy groups -OCH3 is 1. The summed E-state index contributed by atoms with van der Waals surface area (Å²) in [7, 11) is 5.37. The summed E-state index contributed by atoms with van der Waals surface area (Å²) < 4.78 is 4.81. The lowest BCUT2D eigenvalue weighted by atomic mass is 9.94. The lowest BCUT2D eigenvalue weighted by molar-refractivity contribution is -0.138. The van der Waals surface area contributed by atoms with Crippen molar-refractivity contribution in [3.05, 3.63) is 94.5 Å². The van der Waals surface area contributed by atoms with Gasteiger partial charge < -0.3 is 25.4 Å². The van der Waals surface area contributed by atoms with E-state index in [1.54, 1.807) is 43.3 Å². The molecular weight excluding hydrogens is 482 g/mol. The standard InChI is InChI=1S/C30H31N3O5/c1-18(29(35)36)20-6-5-7-21(16-20)27(31-23-11-8-19(9-12-23)14-15-33(2)3)26-24-13-10-22(30(37)38-4)17-25(24)32-28(26)34/h5-13,16-18,31H,14-15H2,1-4H3,(H,32,34)(H,35,36)/b27-26-. The van der Waals surface area contributed by atoms with Gasteiger partial charge in [-0.05, 0) is 74.5 Å². The van der Waals surface area contributed by atoms with Crippen LogP contribution in [0.2, 0.25) is 0 Å². The van der Waals surface area contributed by atoms with E-state index in [4.69, 9.17) is 4.74 Å². The number of carbonyl (C=O) groups is 3. The van der Waals surface area contributed by atoms with Gasteiger partial charge in [-0.15, -0.1) is 0 Å². The molecule has 0 bridgehead atoms. The molecule has 1 amide bonds. The first kappa shape index (κ1) is 26.6. The smallest absolute Gasteiger partial charge is 0.337 e. The molecule has 0 aliphatic carbocycles. The van der Waals surface area contributed by atoms with Crippen LogP contribution in [0.4, 0.5) is 11.4 Å². The maximum atomic E-state index is 13.3. The van der Waals surface area contributed by atoms with E-state index in [1.807, 2.05) is 44.4 Å². The van der Waals surface area contributed by atoms with Crippen molar-refractivity contribution < 1.29 is 24.2 Å². The fraction of sp³-hybridized carbons (Fsp3) is 0.233. The van der Waals surface area contributed by atoms with E-state index in [1.165, 1.54) is 12.7 Å². The lowest BCUT2D eigenvalue weighted by Crippen LogP contribution is -2.15. The number of anilines is 2. The number of aliphatic carboxylic acids is 1. The Morgan fingerprint density at radius 1 is 1.03 bits per heavy atom. The van der Waals surface area contributed by atoms with Crippen LogP contribution in [0.1, 0.15) is 45.5 Å². The van der Waals surface area contributed by atoms with Crippen LogP contribution in [0.5, 0.6) is 0 Å². The highest BCUT2D eigenvalue weighted by Crippen LogP contribution is 2.38. The third-order valence-electron chi connectivity index (χ3n) is 6.55. The molecule has 0 saturated carbocycles. The Morgan fingerprint density at radius 2 is 1.76 bits per heavy atom. The number of likely N-dealkylation sites (N-methyl/N-ethyl adjacent to an activating group) is 1. The largest absolute Gasteiger partial charge is 0.481 e. The summed E-state index contributed by atoms with van der Waals surface area (Å²) in [5, 5.41) is 15.8. The molecule has 0 saturated heterocycles. The fourth-order valence-electron chi connectivity index (χ4n) is 4.30. The molecule has 3 aromatic rings. The molecule has 1 unspecified atom stereocenters. The number of hydrogen-bond donors (Lipinski definition) is 3. The molecule has 0 radical (unpaired) electrons. The van der Waals surface area contributed by atoms with Gasteiger partial charge in [-0.3, -0.25) is 9.59 Å². The second-order valence-electron chi connectivity index (χ2n) is 9.52. The normalized spacial score (nSPS) is 14.5. The van der Waals surface area contributed by atoms with Gasteiger partial charge in [0.05, 0.1) is 35.5 Å². The van der Waals surface area contributed by atoms with Gasteiger partial charge in [0.1, 0.15) is 0 Å². The predicted molar refractivity (Wildman–Crippen MR) is 148 cm³/mol. The number of esters is 1. The van der Waals surface area contributed by atoms with E-state index < -0.39 is 17.9 Å². The molecule has 1 aliphatic heterocycles. The third kappa shape index (κ3) is 5.76. The van der Waals surface area contributed by atoms with E-state index in [9.17, 15) is 19.5 Å². The van der Waals surface area contributed by atoms with Crippen LogP contribution in [-0.4, -0.2) is 55.6 Å². The molecule has 3 N–H and O–H groups in total. The van der Waals surface area contributed by atoms with Crippen molar-refractivity contribution in [3.63, 3.8) is 0 Å². The maximum absolute atomic E-state index is 13.3. The summed E-state index contributed by atoms with van der Waals surface area (Å²) in [6, 6.07) is 20.1. The van der Waals surface area contributed by atoms with E-state index >= 15 is 0 Å². The Labute approximate surface area is 221 Å². The molecule has 0 aromatic heterocycles. The van der Waals surface area contributed by atoms with Crippen molar-refractivity contribution in [1.82, 2.24) is 4.90 Å². The summed E-state index contributed by atoms with van der Waals surface area (Å²) in [6.45, 7) is 2.56. The number of carboxylic acids is 1. The molecule has 4 rings (SSSR count). The van der Waals surface area contributed by atoms with Gasteiger partial charge in [0.25, 0.3) is 5.91 Å². The van der Waals surface area contributed by atoms with Gasteiger partial charge in [-0.2, -0.15) is 0 Å². The number of nitrogens with zero attached hydrogens (tertiary/aromatic N) is 1. The van der Waals surface area contributed by atoms with Gasteiger partial charge in [-0.1, -0.05) is 36.4 Å². The topological polar surface area (TPSA) is 108 Å². The zero-order valence-corrected chi connectivity index (χ0v) is 21.9. The van der Waals surface area contributed by atoms with Crippen molar-refractivity contribution in [2.24, 2.45) is 0 Å². The number of carbonyl (C=O) groups excluding carboxylic acids is 2. The molecule has 8 nitrogen and oxygen atoms in total. The van der Waals surface area contributed by atoms with Crippen LogP contribution < -0.4 is 10.6 Å². The molecule has 0 fully saturated rings. The van der Waals surface area contributed by atoms with Crippen LogP contribution in [0.15, 0.2) is 66.7 Å². The van der Waals surface area contributed by atoms with Crippen LogP contribution in [-0.2, 0) is 20.7 Å². The Kier molecular flexibility index (Phi) is 7.93. The van der Waals surface area contributed by atoms with E-state index in [-0.39, 0.29) is 5.91 Å². The van der Waals surface area contributed by atoms with Crippen molar-refractivity contribution >= 4 is 40.5 Å². The fourth-order valence-corrected chi connectivity index (χ4v) is 4.30. The number of fused-ring (bicyclic) bond motifs is 1. The quantitative estimate of drug-likeness (QED) is 0.281. The monoisotopic (exact) mass is 513 g/mol. The first-order valence-corrected chi connectivity index (χ1v) is 12.3. The Bertz CT molecular complexity index is 1410. The first-order chi connectivity index (χ1) is 18.2. The highest BCUT2D eigenvalue weighted by atomic mass is 16.5. The lowest BCUT2D eigenvalue weighted by Gasteiger charge is -2.17. The van der Waals surface area contributed by atoms with Crippen molar-refractivity contribution in [2.45, 2.75) is 19.3 Å². The Hall–Kier alpha value is -4.43. The minimum absolute atomic E-state index is 0.327. The molecule has 3 aromatic carbocycles. The Morgan fingerprint density at radius 3 is 2.42 bits per heavy atom. The average Bonchev–Trinajstić information content (AvgIpc) is 3.24. The van der Waals surface area contributed by atoms with Crippen LogP contribution >= 0.6 is 0 Å². The van der Waals surface area contributed by atoms with Crippen molar-refractivity contribution in [1.29, 1.82) is 0 Å². The number of nitrogens with one attached hydrogen (secondary N) is 2. The maximum Gasteiger partial charge on any atom is 0.337 e. The molecule has 1 aliphatic rings. The number of ether oxygens (including phenoxy) is 1. The molecule has 196 valence electrons. The van der Waals surface area contributed by atoms with Crippen molar-refractivity contribution in [3.8, 4) is 0 Å².